The standard InChI is InChI=1S/C13H25N3/c1-4-13(6-5-12(2)14-3)11-16-9-7-15-8-10-16/h5-6,14-15H,4,7-11H2,1-3H3/b12-5-,13-6+. The summed E-state index contributed by atoms with van der Waals surface area (Å²) in [5, 5.41) is 6.52. The van der Waals surface area contributed by atoms with E-state index in [1.807, 2.05) is 7.05 Å². The lowest BCUT2D eigenvalue weighted by atomic mass is 10.1. The Morgan fingerprint density at radius 2 is 2.00 bits per heavy atom. The molecule has 1 fully saturated rings. The van der Waals surface area contributed by atoms with E-state index >= 15 is 0 Å². The van der Waals surface area contributed by atoms with Crippen LogP contribution in [0, 0.1) is 0 Å². The zero-order valence-electron chi connectivity index (χ0n) is 10.8. The second-order valence-electron chi connectivity index (χ2n) is 4.30. The van der Waals surface area contributed by atoms with Gasteiger partial charge in [0.05, 0.1) is 0 Å². The lowest BCUT2D eigenvalue weighted by molar-refractivity contribution is 0.258. The number of piperazine rings is 1. The molecule has 3 nitrogen and oxygen atoms in total. The topological polar surface area (TPSA) is 27.3 Å². The molecule has 92 valence electrons. The Morgan fingerprint density at radius 3 is 2.56 bits per heavy atom. The molecule has 0 aliphatic carbocycles. The molecule has 0 amide bonds. The van der Waals surface area contributed by atoms with E-state index in [2.05, 4.69) is 41.5 Å². The molecule has 0 spiro atoms. The van der Waals surface area contributed by atoms with E-state index in [1.54, 1.807) is 0 Å². The summed E-state index contributed by atoms with van der Waals surface area (Å²) in [6.07, 6.45) is 5.56. The number of nitrogens with zero attached hydrogens (tertiary/aromatic N) is 1. The highest BCUT2D eigenvalue weighted by atomic mass is 15.2. The molecule has 1 rings (SSSR count). The molecule has 3 heteroatoms. The molecule has 1 heterocycles. The first-order chi connectivity index (χ1) is 7.76. The number of rotatable bonds is 5. The van der Waals surface area contributed by atoms with Crippen molar-refractivity contribution in [2.45, 2.75) is 20.3 Å². The molecular formula is C13H25N3. The maximum Gasteiger partial charge on any atom is 0.0196 e. The van der Waals surface area contributed by atoms with Gasteiger partial charge in [0.15, 0.2) is 0 Å². The molecule has 2 N–H and O–H groups in total. The number of hydrogen-bond donors (Lipinski definition) is 2. The fourth-order valence-electron chi connectivity index (χ4n) is 1.77. The molecule has 0 aromatic heterocycles. The third-order valence-corrected chi connectivity index (χ3v) is 3.05. The van der Waals surface area contributed by atoms with Crippen LogP contribution in [0.4, 0.5) is 0 Å². The van der Waals surface area contributed by atoms with Gasteiger partial charge in [-0.2, -0.15) is 0 Å². The normalized spacial score (nSPS) is 19.9. The van der Waals surface area contributed by atoms with Gasteiger partial charge >= 0.3 is 0 Å². The molecule has 0 aromatic carbocycles. The van der Waals surface area contributed by atoms with E-state index in [0.29, 0.717) is 0 Å². The predicted octanol–water partition coefficient (Wildman–Crippen LogP) is 1.35. The minimum Gasteiger partial charge on any atom is -0.392 e. The van der Waals surface area contributed by atoms with Gasteiger partial charge in [0, 0.05) is 45.5 Å². The van der Waals surface area contributed by atoms with Gasteiger partial charge in [0.2, 0.25) is 0 Å². The minimum absolute atomic E-state index is 1.12. The Labute approximate surface area is 99.6 Å². The summed E-state index contributed by atoms with van der Waals surface area (Å²) >= 11 is 0. The number of allylic oxidation sites excluding steroid dienone is 3. The Bertz CT molecular complexity index is 250. The van der Waals surface area contributed by atoms with E-state index in [-0.39, 0.29) is 0 Å². The molecule has 0 atom stereocenters. The highest BCUT2D eigenvalue weighted by Crippen LogP contribution is 2.06. The number of hydrogen-bond acceptors (Lipinski definition) is 3. The lowest BCUT2D eigenvalue weighted by Gasteiger charge is -2.27. The van der Waals surface area contributed by atoms with Crippen LogP contribution in [0.5, 0.6) is 0 Å². The van der Waals surface area contributed by atoms with Crippen LogP contribution in [0.25, 0.3) is 0 Å². The quantitative estimate of drug-likeness (QED) is 0.689. The van der Waals surface area contributed by atoms with Crippen molar-refractivity contribution in [1.29, 1.82) is 0 Å². The molecule has 1 saturated heterocycles. The SMILES string of the molecule is CC/C(=C\C=C(\C)NC)CN1CCNCC1. The largest absolute Gasteiger partial charge is 0.392 e. The summed E-state index contributed by atoms with van der Waals surface area (Å²) in [7, 11) is 1.96. The molecule has 1 aliphatic rings. The molecular weight excluding hydrogens is 198 g/mol. The predicted molar refractivity (Wildman–Crippen MR) is 70.5 cm³/mol. The van der Waals surface area contributed by atoms with Crippen molar-refractivity contribution in [3.8, 4) is 0 Å². The van der Waals surface area contributed by atoms with Crippen LogP contribution in [-0.4, -0.2) is 44.7 Å². The second kappa shape index (κ2) is 7.47. The maximum absolute atomic E-state index is 3.38. The van der Waals surface area contributed by atoms with Crippen molar-refractivity contribution >= 4 is 0 Å². The summed E-state index contributed by atoms with van der Waals surface area (Å²) < 4.78 is 0. The Morgan fingerprint density at radius 1 is 1.31 bits per heavy atom. The summed E-state index contributed by atoms with van der Waals surface area (Å²) in [6.45, 7) is 10.0. The van der Waals surface area contributed by atoms with Crippen LogP contribution in [0.3, 0.4) is 0 Å². The molecule has 1 aliphatic heterocycles. The van der Waals surface area contributed by atoms with Crippen LogP contribution in [0.1, 0.15) is 20.3 Å². The van der Waals surface area contributed by atoms with Crippen LogP contribution in [-0.2, 0) is 0 Å². The Hall–Kier alpha value is -0.800. The van der Waals surface area contributed by atoms with Crippen LogP contribution in [0.15, 0.2) is 23.4 Å². The van der Waals surface area contributed by atoms with E-state index < -0.39 is 0 Å². The van der Waals surface area contributed by atoms with Gasteiger partial charge in [-0.25, -0.2) is 0 Å². The first-order valence-corrected chi connectivity index (χ1v) is 6.23. The fraction of sp³-hybridized carbons (Fsp3) is 0.692. The second-order valence-corrected chi connectivity index (χ2v) is 4.30. The van der Waals surface area contributed by atoms with Crippen LogP contribution in [0.2, 0.25) is 0 Å². The Kier molecular flexibility index (Phi) is 6.19. The third-order valence-electron chi connectivity index (χ3n) is 3.05. The smallest absolute Gasteiger partial charge is 0.0196 e. The van der Waals surface area contributed by atoms with Gasteiger partial charge in [-0.1, -0.05) is 18.6 Å². The lowest BCUT2D eigenvalue weighted by Crippen LogP contribution is -2.44. The first kappa shape index (κ1) is 13.3. The van der Waals surface area contributed by atoms with Crippen molar-refractivity contribution in [3.63, 3.8) is 0 Å². The summed E-state index contributed by atoms with van der Waals surface area (Å²) in [5.74, 6) is 0. The Balaban J connectivity index is 2.46. The molecule has 0 saturated carbocycles. The number of nitrogens with one attached hydrogen (secondary N) is 2. The maximum atomic E-state index is 3.38. The van der Waals surface area contributed by atoms with E-state index in [4.69, 9.17) is 0 Å². The van der Waals surface area contributed by atoms with Crippen LogP contribution >= 0.6 is 0 Å². The fourth-order valence-corrected chi connectivity index (χ4v) is 1.77. The van der Waals surface area contributed by atoms with Crippen molar-refractivity contribution in [2.75, 3.05) is 39.8 Å². The van der Waals surface area contributed by atoms with E-state index in [1.165, 1.54) is 24.4 Å². The molecule has 0 bridgehead atoms. The zero-order valence-corrected chi connectivity index (χ0v) is 10.8. The van der Waals surface area contributed by atoms with Crippen molar-refractivity contribution in [1.82, 2.24) is 15.5 Å². The van der Waals surface area contributed by atoms with Crippen molar-refractivity contribution < 1.29 is 0 Å². The zero-order chi connectivity index (χ0) is 11.8. The summed E-state index contributed by atoms with van der Waals surface area (Å²) in [4.78, 5) is 2.52. The molecule has 0 aromatic rings. The average molecular weight is 223 g/mol. The van der Waals surface area contributed by atoms with Gasteiger partial charge in [0.25, 0.3) is 0 Å². The first-order valence-electron chi connectivity index (χ1n) is 6.23. The summed E-state index contributed by atoms with van der Waals surface area (Å²) in [6, 6.07) is 0. The van der Waals surface area contributed by atoms with Crippen molar-refractivity contribution in [3.05, 3.63) is 23.4 Å². The third kappa shape index (κ3) is 4.81. The van der Waals surface area contributed by atoms with Gasteiger partial charge < -0.3 is 10.6 Å². The molecule has 0 unspecified atom stereocenters. The van der Waals surface area contributed by atoms with Gasteiger partial charge in [-0.3, -0.25) is 4.90 Å². The summed E-state index contributed by atoms with van der Waals surface area (Å²) in [5.41, 5.74) is 2.72. The van der Waals surface area contributed by atoms with E-state index in [0.717, 1.165) is 26.1 Å². The molecule has 16 heavy (non-hydrogen) atoms. The van der Waals surface area contributed by atoms with Crippen LogP contribution < -0.4 is 10.6 Å². The average Bonchev–Trinajstić information content (AvgIpc) is 2.35. The highest BCUT2D eigenvalue weighted by Gasteiger charge is 2.09. The molecule has 0 radical (unpaired) electrons. The monoisotopic (exact) mass is 223 g/mol. The van der Waals surface area contributed by atoms with Gasteiger partial charge in [-0.15, -0.1) is 0 Å². The van der Waals surface area contributed by atoms with Gasteiger partial charge in [-0.05, 0) is 19.4 Å². The minimum atomic E-state index is 1.12. The van der Waals surface area contributed by atoms with Crippen molar-refractivity contribution in [2.24, 2.45) is 0 Å². The highest BCUT2D eigenvalue weighted by molar-refractivity contribution is 5.17. The van der Waals surface area contributed by atoms with E-state index in [9.17, 15) is 0 Å². The van der Waals surface area contributed by atoms with Gasteiger partial charge in [0.1, 0.15) is 0 Å².